The Morgan fingerprint density at radius 2 is 1.98 bits per heavy atom. The first-order valence-electron chi connectivity index (χ1n) is 14.8. The number of aryl methyl sites for hydroxylation is 1. The van der Waals surface area contributed by atoms with Crippen molar-refractivity contribution in [3.05, 3.63) is 47.8 Å². The minimum absolute atomic E-state index is 0.0106. The van der Waals surface area contributed by atoms with Gasteiger partial charge in [-0.2, -0.15) is 0 Å². The van der Waals surface area contributed by atoms with Gasteiger partial charge in [0.2, 0.25) is 0 Å². The number of aliphatic hydroxyl groups excluding tert-OH is 1. The number of para-hydroxylation sites is 1. The molecule has 4 heterocycles. The summed E-state index contributed by atoms with van der Waals surface area (Å²) in [5, 5.41) is 11.1. The number of hydrogen-bond acceptors (Lipinski definition) is 5. The van der Waals surface area contributed by atoms with Gasteiger partial charge in [0.15, 0.2) is 5.82 Å². The van der Waals surface area contributed by atoms with Gasteiger partial charge in [0, 0.05) is 61.7 Å². The Kier molecular flexibility index (Phi) is 6.00. The van der Waals surface area contributed by atoms with Crippen molar-refractivity contribution >= 4 is 33.5 Å². The minimum Gasteiger partial charge on any atom is -0.396 e. The number of amides is 1. The van der Waals surface area contributed by atoms with Gasteiger partial charge in [-0.3, -0.25) is 4.79 Å². The number of imidazole rings is 1. The highest BCUT2D eigenvalue weighted by atomic mass is 19.1. The molecule has 4 atom stereocenters. The smallest absolute Gasteiger partial charge is 0.254 e. The molecular formula is C32H39FN6O2. The average molecular weight is 559 g/mol. The van der Waals surface area contributed by atoms with Gasteiger partial charge in [0.25, 0.3) is 5.91 Å². The molecule has 1 aliphatic carbocycles. The highest BCUT2D eigenvalue weighted by Gasteiger charge is 2.47. The van der Waals surface area contributed by atoms with E-state index >= 15 is 4.39 Å². The standard InChI is InChI=1S/C32H39FN6O2/c1-5-21-15-37(16-32(2,3)17-40)25-8-6-7-18-13-26(39(21)28(18)25)30-35-23-12-20(11-22(33)29(23)36(30)4)31(41)38-14-19-9-10-24(38)27(19)34/h6-8,11-13,19,21,24,27,40H,5,9-10,14-17,34H2,1-4H3/t19-,21?,24-,27-/m1/s1. The van der Waals surface area contributed by atoms with Crippen LogP contribution < -0.4 is 10.6 Å². The van der Waals surface area contributed by atoms with Crippen LogP contribution in [0.5, 0.6) is 0 Å². The van der Waals surface area contributed by atoms with Crippen LogP contribution in [-0.2, 0) is 7.05 Å². The molecule has 1 amide bonds. The van der Waals surface area contributed by atoms with Crippen LogP contribution in [0.2, 0.25) is 0 Å². The molecule has 7 rings (SSSR count). The van der Waals surface area contributed by atoms with Gasteiger partial charge >= 0.3 is 0 Å². The molecule has 2 bridgehead atoms. The summed E-state index contributed by atoms with van der Waals surface area (Å²) < 4.78 is 19.9. The number of fused-ring (bicyclic) bond motifs is 3. The van der Waals surface area contributed by atoms with E-state index in [0.29, 0.717) is 34.9 Å². The van der Waals surface area contributed by atoms with Gasteiger partial charge in [0.1, 0.15) is 11.3 Å². The van der Waals surface area contributed by atoms with Gasteiger partial charge in [-0.15, -0.1) is 0 Å². The lowest BCUT2D eigenvalue weighted by molar-refractivity contribution is 0.0700. The molecule has 1 saturated carbocycles. The number of likely N-dealkylation sites (tertiary alicyclic amines) is 1. The SMILES string of the molecule is CCC1CN(CC(C)(C)CO)c2cccc3cc(-c4nc5cc(C(=O)N6C[C@H]7CC[C@@H]6[C@@H]7N)cc(F)c5n4C)n1c23. The molecule has 2 aromatic heterocycles. The van der Waals surface area contributed by atoms with Crippen molar-refractivity contribution in [3.63, 3.8) is 0 Å². The van der Waals surface area contributed by atoms with Crippen LogP contribution >= 0.6 is 0 Å². The second-order valence-electron chi connectivity index (χ2n) is 13.1. The maximum absolute atomic E-state index is 15.7. The molecule has 4 aromatic rings. The highest BCUT2D eigenvalue weighted by molar-refractivity contribution is 6.00. The number of aromatic nitrogens is 3. The van der Waals surface area contributed by atoms with Crippen LogP contribution in [0.4, 0.5) is 10.1 Å². The normalized spacial score (nSPS) is 23.9. The third-order valence-electron chi connectivity index (χ3n) is 9.81. The Morgan fingerprint density at radius 1 is 1.17 bits per heavy atom. The second kappa shape index (κ2) is 9.29. The predicted molar refractivity (Wildman–Crippen MR) is 160 cm³/mol. The first-order chi connectivity index (χ1) is 19.6. The van der Waals surface area contributed by atoms with Crippen LogP contribution in [0.1, 0.15) is 56.4 Å². The molecule has 1 unspecified atom stereocenters. The Hall–Kier alpha value is -3.43. The molecule has 216 valence electrons. The summed E-state index contributed by atoms with van der Waals surface area (Å²) in [5.41, 5.74) is 10.5. The number of nitrogens with zero attached hydrogens (tertiary/aromatic N) is 5. The van der Waals surface area contributed by atoms with Crippen molar-refractivity contribution in [1.29, 1.82) is 0 Å². The van der Waals surface area contributed by atoms with Crippen LogP contribution in [-0.4, -0.2) is 68.4 Å². The molecule has 9 heteroatoms. The lowest BCUT2D eigenvalue weighted by Crippen LogP contribution is -2.42. The van der Waals surface area contributed by atoms with E-state index in [4.69, 9.17) is 10.7 Å². The summed E-state index contributed by atoms with van der Waals surface area (Å²) in [6, 6.07) is 11.8. The molecule has 8 nitrogen and oxygen atoms in total. The zero-order valence-electron chi connectivity index (χ0n) is 24.3. The number of carbonyl (C=O) groups excluding carboxylic acids is 1. The summed E-state index contributed by atoms with van der Waals surface area (Å²) >= 11 is 0. The molecule has 0 radical (unpaired) electrons. The van der Waals surface area contributed by atoms with Crippen LogP contribution in [0.3, 0.4) is 0 Å². The van der Waals surface area contributed by atoms with Crippen molar-refractivity contribution in [2.24, 2.45) is 24.1 Å². The molecule has 2 aliphatic heterocycles. The number of carbonyl (C=O) groups is 1. The van der Waals surface area contributed by atoms with E-state index in [1.54, 1.807) is 6.07 Å². The number of rotatable bonds is 6. The van der Waals surface area contributed by atoms with Crippen LogP contribution in [0.15, 0.2) is 36.4 Å². The molecule has 2 aromatic carbocycles. The van der Waals surface area contributed by atoms with Crippen LogP contribution in [0, 0.1) is 17.2 Å². The largest absolute Gasteiger partial charge is 0.396 e. The quantitative estimate of drug-likeness (QED) is 0.358. The molecule has 1 saturated heterocycles. The predicted octanol–water partition coefficient (Wildman–Crippen LogP) is 4.69. The van der Waals surface area contributed by atoms with Gasteiger partial charge < -0.3 is 29.8 Å². The fraction of sp³-hybridized carbons (Fsp3) is 0.500. The average Bonchev–Trinajstić information content (AvgIpc) is 3.70. The van der Waals surface area contributed by atoms with E-state index in [1.807, 2.05) is 16.5 Å². The third kappa shape index (κ3) is 3.92. The number of benzene rings is 2. The van der Waals surface area contributed by atoms with Crippen molar-refractivity contribution < 1.29 is 14.3 Å². The number of hydrogen-bond donors (Lipinski definition) is 2. The fourth-order valence-electron chi connectivity index (χ4n) is 7.63. The van der Waals surface area contributed by atoms with Crippen molar-refractivity contribution in [1.82, 2.24) is 19.0 Å². The van der Waals surface area contributed by atoms with E-state index in [9.17, 15) is 9.90 Å². The van der Waals surface area contributed by atoms with E-state index in [-0.39, 0.29) is 36.1 Å². The topological polar surface area (TPSA) is 92.6 Å². The molecule has 41 heavy (non-hydrogen) atoms. The maximum atomic E-state index is 15.7. The van der Waals surface area contributed by atoms with Crippen LogP contribution in [0.25, 0.3) is 33.5 Å². The van der Waals surface area contributed by atoms with Crippen molar-refractivity contribution in [3.8, 4) is 11.5 Å². The highest BCUT2D eigenvalue weighted by Crippen LogP contribution is 2.43. The summed E-state index contributed by atoms with van der Waals surface area (Å²) in [4.78, 5) is 22.7. The first-order valence-corrected chi connectivity index (χ1v) is 14.8. The van der Waals surface area contributed by atoms with Gasteiger partial charge in [-0.05, 0) is 49.4 Å². The second-order valence-corrected chi connectivity index (χ2v) is 13.1. The molecule has 2 fully saturated rings. The van der Waals surface area contributed by atoms with Gasteiger partial charge in [-0.25, -0.2) is 9.37 Å². The summed E-state index contributed by atoms with van der Waals surface area (Å²) in [5.74, 6) is 0.406. The Balaban J connectivity index is 1.33. The number of anilines is 1. The summed E-state index contributed by atoms with van der Waals surface area (Å²) in [6.07, 6.45) is 2.88. The van der Waals surface area contributed by atoms with E-state index < -0.39 is 5.82 Å². The number of piperidine rings is 1. The Bertz CT molecular complexity index is 1690. The molecular weight excluding hydrogens is 519 g/mol. The van der Waals surface area contributed by atoms with E-state index in [0.717, 1.165) is 54.6 Å². The number of aliphatic hydroxyl groups is 1. The van der Waals surface area contributed by atoms with Crippen molar-refractivity contribution in [2.45, 2.75) is 58.2 Å². The maximum Gasteiger partial charge on any atom is 0.254 e. The lowest BCUT2D eigenvalue weighted by atomic mass is 9.93. The molecule has 3 N–H and O–H groups in total. The first kappa shape index (κ1) is 26.5. The molecule has 0 spiro atoms. The van der Waals surface area contributed by atoms with Crippen molar-refractivity contribution in [2.75, 3.05) is 31.1 Å². The fourth-order valence-corrected chi connectivity index (χ4v) is 7.63. The summed E-state index contributed by atoms with van der Waals surface area (Å²) in [7, 11) is 1.85. The summed E-state index contributed by atoms with van der Waals surface area (Å²) in [6.45, 7) is 8.68. The minimum atomic E-state index is -0.444. The number of nitrogens with two attached hydrogens (primary N) is 1. The van der Waals surface area contributed by atoms with Gasteiger partial charge in [-0.1, -0.05) is 32.9 Å². The zero-order valence-corrected chi connectivity index (χ0v) is 24.3. The zero-order chi connectivity index (χ0) is 28.8. The van der Waals surface area contributed by atoms with E-state index in [2.05, 4.69) is 54.5 Å². The Morgan fingerprint density at radius 3 is 2.66 bits per heavy atom. The molecule has 3 aliphatic rings. The Labute approximate surface area is 239 Å². The van der Waals surface area contributed by atoms with Gasteiger partial charge in [0.05, 0.1) is 28.5 Å². The number of halogens is 1. The third-order valence-corrected chi connectivity index (χ3v) is 9.81. The van der Waals surface area contributed by atoms with E-state index in [1.165, 1.54) is 6.07 Å². The monoisotopic (exact) mass is 558 g/mol. The lowest BCUT2D eigenvalue weighted by Gasteiger charge is -2.40.